The van der Waals surface area contributed by atoms with Gasteiger partial charge in [-0.1, -0.05) is 61.5 Å². The van der Waals surface area contributed by atoms with Crippen molar-refractivity contribution < 1.29 is 18.7 Å². The van der Waals surface area contributed by atoms with Crippen LogP contribution in [0.1, 0.15) is 34.0 Å². The molecule has 0 spiro atoms. The molecular weight excluding hydrogens is 522 g/mol. The van der Waals surface area contributed by atoms with E-state index in [1.165, 1.54) is 17.7 Å². The van der Waals surface area contributed by atoms with E-state index in [9.17, 15) is 18.7 Å². The maximum atomic E-state index is 13.9. The molecule has 0 saturated heterocycles. The number of aryl methyl sites for hydroxylation is 1. The molecule has 3 aromatic carbocycles. The Hall–Kier alpha value is -4.40. The largest absolute Gasteiger partial charge is 0.390 e. The average molecular weight is 555 g/mol. The molecule has 6 nitrogen and oxygen atoms in total. The summed E-state index contributed by atoms with van der Waals surface area (Å²) in [6.07, 6.45) is 3.46. The second kappa shape index (κ2) is 12.8. The molecular formula is C33H32F2N4O2. The van der Waals surface area contributed by atoms with Crippen molar-refractivity contribution in [3.63, 3.8) is 0 Å². The number of benzene rings is 3. The van der Waals surface area contributed by atoms with Crippen LogP contribution >= 0.6 is 0 Å². The van der Waals surface area contributed by atoms with Gasteiger partial charge in [-0.25, -0.2) is 13.8 Å². The van der Waals surface area contributed by atoms with Crippen molar-refractivity contribution in [2.75, 3.05) is 6.54 Å². The number of hydrogen-bond acceptors (Lipinski definition) is 4. The van der Waals surface area contributed by atoms with E-state index in [-0.39, 0.29) is 13.0 Å². The lowest BCUT2D eigenvalue weighted by atomic mass is 10.00. The summed E-state index contributed by atoms with van der Waals surface area (Å²) in [6, 6.07) is 23.7. The number of fused-ring (bicyclic) bond motifs is 1. The molecule has 2 aromatic heterocycles. The highest BCUT2D eigenvalue weighted by atomic mass is 19.1. The van der Waals surface area contributed by atoms with Crippen LogP contribution in [0.5, 0.6) is 0 Å². The molecule has 5 rings (SSSR count). The number of halogens is 2. The molecule has 210 valence electrons. The van der Waals surface area contributed by atoms with Crippen LogP contribution in [0.25, 0.3) is 16.9 Å². The van der Waals surface area contributed by atoms with E-state index in [1.807, 2.05) is 48.7 Å². The van der Waals surface area contributed by atoms with Gasteiger partial charge in [0.05, 0.1) is 23.4 Å². The first-order valence-electron chi connectivity index (χ1n) is 13.6. The third-order valence-corrected chi connectivity index (χ3v) is 7.02. The SMILES string of the molecule is CCc1cccc(CNC[C@H](O)[C@H](Cc2cc(F)cc(F)c2)NC(=O)c2ccc3nc(-c4ccccc4)cn3c2)c1. The van der Waals surface area contributed by atoms with Gasteiger partial charge in [-0.3, -0.25) is 4.79 Å². The van der Waals surface area contributed by atoms with E-state index in [1.54, 1.807) is 22.7 Å². The first kappa shape index (κ1) is 28.1. The fraction of sp³-hybridized carbons (Fsp3) is 0.212. The fourth-order valence-corrected chi connectivity index (χ4v) is 4.86. The van der Waals surface area contributed by atoms with E-state index in [4.69, 9.17) is 0 Å². The highest BCUT2D eigenvalue weighted by Gasteiger charge is 2.23. The summed E-state index contributed by atoms with van der Waals surface area (Å²) in [5.74, 6) is -1.85. The van der Waals surface area contributed by atoms with Crippen LogP contribution in [-0.4, -0.2) is 39.1 Å². The van der Waals surface area contributed by atoms with Crippen LogP contribution in [-0.2, 0) is 19.4 Å². The Morgan fingerprint density at radius 3 is 2.41 bits per heavy atom. The second-order valence-corrected chi connectivity index (χ2v) is 10.1. The lowest BCUT2D eigenvalue weighted by molar-refractivity contribution is 0.0829. The molecule has 0 saturated carbocycles. The summed E-state index contributed by atoms with van der Waals surface area (Å²) < 4.78 is 29.6. The second-order valence-electron chi connectivity index (χ2n) is 10.1. The van der Waals surface area contributed by atoms with E-state index in [0.717, 1.165) is 29.3 Å². The molecule has 2 heterocycles. The van der Waals surface area contributed by atoms with Crippen LogP contribution in [0.3, 0.4) is 0 Å². The van der Waals surface area contributed by atoms with Crippen molar-refractivity contribution in [1.82, 2.24) is 20.0 Å². The first-order valence-corrected chi connectivity index (χ1v) is 13.6. The summed E-state index contributed by atoms with van der Waals surface area (Å²) in [4.78, 5) is 18.0. The zero-order valence-corrected chi connectivity index (χ0v) is 22.7. The predicted octanol–water partition coefficient (Wildman–Crippen LogP) is 5.33. The molecule has 0 aliphatic rings. The Balaban J connectivity index is 1.32. The van der Waals surface area contributed by atoms with Crippen molar-refractivity contribution in [3.05, 3.63) is 131 Å². The van der Waals surface area contributed by atoms with E-state index >= 15 is 0 Å². The number of aliphatic hydroxyl groups is 1. The Labute approximate surface area is 237 Å². The normalized spacial score (nSPS) is 12.8. The topological polar surface area (TPSA) is 78.7 Å². The number of pyridine rings is 1. The summed E-state index contributed by atoms with van der Waals surface area (Å²) in [5, 5.41) is 17.2. The molecule has 0 fully saturated rings. The van der Waals surface area contributed by atoms with Crippen molar-refractivity contribution >= 4 is 11.6 Å². The van der Waals surface area contributed by atoms with Crippen molar-refractivity contribution in [1.29, 1.82) is 0 Å². The van der Waals surface area contributed by atoms with Gasteiger partial charge in [-0.2, -0.15) is 0 Å². The van der Waals surface area contributed by atoms with Gasteiger partial charge in [-0.05, 0) is 53.8 Å². The number of nitrogens with zero attached hydrogens (tertiary/aromatic N) is 2. The minimum atomic E-state index is -1.03. The average Bonchev–Trinajstić information content (AvgIpc) is 3.40. The Morgan fingerprint density at radius 2 is 1.66 bits per heavy atom. The summed E-state index contributed by atoms with van der Waals surface area (Å²) >= 11 is 0. The molecule has 3 N–H and O–H groups in total. The number of carbonyl (C=O) groups is 1. The molecule has 0 aliphatic carbocycles. The Bertz CT molecular complexity index is 1620. The molecule has 2 atom stereocenters. The zero-order valence-electron chi connectivity index (χ0n) is 22.7. The van der Waals surface area contributed by atoms with Crippen molar-refractivity contribution in [3.8, 4) is 11.3 Å². The summed E-state index contributed by atoms with van der Waals surface area (Å²) in [7, 11) is 0. The van der Waals surface area contributed by atoms with Crippen LogP contribution in [0.15, 0.2) is 97.3 Å². The monoisotopic (exact) mass is 554 g/mol. The predicted molar refractivity (Wildman–Crippen MR) is 155 cm³/mol. The van der Waals surface area contributed by atoms with Gasteiger partial charge in [-0.15, -0.1) is 0 Å². The summed E-state index contributed by atoms with van der Waals surface area (Å²) in [5.41, 5.74) is 5.41. The number of hydrogen-bond donors (Lipinski definition) is 3. The minimum absolute atomic E-state index is 0.0417. The van der Waals surface area contributed by atoms with Crippen LogP contribution in [0, 0.1) is 11.6 Å². The van der Waals surface area contributed by atoms with Gasteiger partial charge < -0.3 is 20.1 Å². The number of rotatable bonds is 11. The maximum absolute atomic E-state index is 13.9. The van der Waals surface area contributed by atoms with Gasteiger partial charge in [0.25, 0.3) is 5.91 Å². The van der Waals surface area contributed by atoms with E-state index in [0.29, 0.717) is 23.3 Å². The number of aromatic nitrogens is 2. The molecule has 0 bridgehead atoms. The number of amides is 1. The molecule has 5 aromatic rings. The maximum Gasteiger partial charge on any atom is 0.253 e. The summed E-state index contributed by atoms with van der Waals surface area (Å²) in [6.45, 7) is 2.78. The van der Waals surface area contributed by atoms with Crippen LogP contribution < -0.4 is 10.6 Å². The van der Waals surface area contributed by atoms with E-state index in [2.05, 4.69) is 34.7 Å². The van der Waals surface area contributed by atoms with E-state index < -0.39 is 29.7 Å². The highest BCUT2D eigenvalue weighted by Crippen LogP contribution is 2.19. The molecule has 8 heteroatoms. The quantitative estimate of drug-likeness (QED) is 0.206. The number of aliphatic hydroxyl groups excluding tert-OH is 1. The third-order valence-electron chi connectivity index (χ3n) is 7.02. The van der Waals surface area contributed by atoms with Gasteiger partial charge in [0.15, 0.2) is 0 Å². The highest BCUT2D eigenvalue weighted by molar-refractivity contribution is 5.94. The van der Waals surface area contributed by atoms with Crippen LogP contribution in [0.2, 0.25) is 0 Å². The fourth-order valence-electron chi connectivity index (χ4n) is 4.86. The molecule has 0 unspecified atom stereocenters. The van der Waals surface area contributed by atoms with Crippen molar-refractivity contribution in [2.24, 2.45) is 0 Å². The van der Waals surface area contributed by atoms with Gasteiger partial charge in [0, 0.05) is 37.1 Å². The van der Waals surface area contributed by atoms with Gasteiger partial charge >= 0.3 is 0 Å². The lowest BCUT2D eigenvalue weighted by Gasteiger charge is -2.25. The Morgan fingerprint density at radius 1 is 0.902 bits per heavy atom. The van der Waals surface area contributed by atoms with Gasteiger partial charge in [0.1, 0.15) is 17.3 Å². The third kappa shape index (κ3) is 7.22. The molecule has 41 heavy (non-hydrogen) atoms. The number of imidazole rings is 1. The first-order chi connectivity index (χ1) is 19.9. The number of nitrogens with one attached hydrogen (secondary N) is 2. The standard InChI is InChI=1S/C33H32F2N4O2/c1-2-22-7-6-8-23(13-22)18-36-19-31(40)29(16-24-14-27(34)17-28(35)15-24)38-33(41)26-11-12-32-37-30(21-39(32)20-26)25-9-4-3-5-10-25/h3-15,17,20-21,29,31,36,40H,2,16,18-19H2,1H3,(H,38,41)/t29-,31-/m0/s1. The Kier molecular flexibility index (Phi) is 8.82. The number of carbonyl (C=O) groups excluding carboxylic acids is 1. The smallest absolute Gasteiger partial charge is 0.253 e. The molecule has 1 amide bonds. The van der Waals surface area contributed by atoms with Crippen molar-refractivity contribution in [2.45, 2.75) is 38.5 Å². The lowest BCUT2D eigenvalue weighted by Crippen LogP contribution is -2.48. The minimum Gasteiger partial charge on any atom is -0.390 e. The zero-order chi connectivity index (χ0) is 28.8. The van der Waals surface area contributed by atoms with Crippen LogP contribution in [0.4, 0.5) is 8.78 Å². The molecule has 0 aliphatic heterocycles. The molecule has 0 radical (unpaired) electrons. The van der Waals surface area contributed by atoms with Gasteiger partial charge in [0.2, 0.25) is 0 Å².